The Labute approximate surface area is 173 Å². The lowest BCUT2D eigenvalue weighted by atomic mass is 9.84. The summed E-state index contributed by atoms with van der Waals surface area (Å²) in [5.41, 5.74) is -0.852. The van der Waals surface area contributed by atoms with Gasteiger partial charge in [-0.25, -0.2) is 0 Å². The fourth-order valence-electron chi connectivity index (χ4n) is 2.50. The van der Waals surface area contributed by atoms with Crippen LogP contribution in [-0.2, 0) is 5.41 Å². The van der Waals surface area contributed by atoms with E-state index in [0.29, 0.717) is 5.56 Å². The van der Waals surface area contributed by atoms with Gasteiger partial charge in [0, 0.05) is 6.42 Å². The molecule has 32 heavy (non-hydrogen) atoms. The van der Waals surface area contributed by atoms with Crippen molar-refractivity contribution in [2.24, 2.45) is 0 Å². The molecule has 1 N–H and O–H groups in total. The summed E-state index contributed by atoms with van der Waals surface area (Å²) in [6, 6.07) is 4.51. The van der Waals surface area contributed by atoms with Crippen molar-refractivity contribution in [2.75, 3.05) is 0 Å². The minimum atomic E-state index is -7.96. The van der Waals surface area contributed by atoms with Crippen LogP contribution in [0, 0.1) is 0 Å². The van der Waals surface area contributed by atoms with Crippen molar-refractivity contribution in [1.29, 1.82) is 0 Å². The van der Waals surface area contributed by atoms with E-state index in [1.807, 2.05) is 0 Å². The summed E-state index contributed by atoms with van der Waals surface area (Å²) in [4.78, 5) is 0. The number of hydrogen-bond acceptors (Lipinski definition) is 1. The smallest absolute Gasteiger partial charge is 0.388 e. The molecule has 0 aromatic heterocycles. The number of alkyl halides is 13. The monoisotopic (exact) mass is 496 g/mol. The number of aliphatic hydroxyl groups excluding tert-OH is 1. The summed E-state index contributed by atoms with van der Waals surface area (Å²) in [5, 5.41) is 9.79. The molecule has 0 aliphatic rings. The Hall–Kier alpha value is -1.73. The Bertz CT molecular complexity index is 806. The molecule has 0 heterocycles. The summed E-state index contributed by atoms with van der Waals surface area (Å²) < 4.78 is 171. The van der Waals surface area contributed by atoms with Crippen LogP contribution >= 0.6 is 0 Å². The first kappa shape index (κ1) is 28.3. The molecule has 0 aliphatic heterocycles. The van der Waals surface area contributed by atoms with Gasteiger partial charge >= 0.3 is 35.8 Å². The zero-order valence-electron chi connectivity index (χ0n) is 16.5. The maximum absolute atomic E-state index is 13.9. The first-order chi connectivity index (χ1) is 13.8. The standard InChI is InChI=1S/C18H17F13O/c1-12(2,3)10-6-4-5-9(7-10)11(32)8-13(19,20)14(21,22)15(23,24)16(25,26)17(27,28)18(29,30)31/h4-7,11,32H,8H2,1-3H3. The van der Waals surface area contributed by atoms with Gasteiger partial charge in [0.25, 0.3) is 0 Å². The summed E-state index contributed by atoms with van der Waals surface area (Å²) >= 11 is 0. The fraction of sp³-hybridized carbons (Fsp3) is 0.667. The normalized spacial score (nSPS) is 16.3. The van der Waals surface area contributed by atoms with Gasteiger partial charge in [-0.15, -0.1) is 0 Å². The minimum absolute atomic E-state index is 0.353. The van der Waals surface area contributed by atoms with Gasteiger partial charge in [0.05, 0.1) is 6.10 Å². The molecular formula is C18H17F13O. The molecule has 0 bridgehead atoms. The lowest BCUT2D eigenvalue weighted by Gasteiger charge is -2.40. The molecule has 0 aliphatic carbocycles. The minimum Gasteiger partial charge on any atom is -0.388 e. The topological polar surface area (TPSA) is 20.2 Å². The summed E-state index contributed by atoms with van der Waals surface area (Å²) in [6.07, 6.45) is -12.8. The van der Waals surface area contributed by atoms with Crippen molar-refractivity contribution >= 4 is 0 Å². The highest BCUT2D eigenvalue weighted by atomic mass is 19.4. The average molecular weight is 496 g/mol. The number of benzene rings is 1. The summed E-state index contributed by atoms with van der Waals surface area (Å²) in [5.74, 6) is -37.3. The van der Waals surface area contributed by atoms with Gasteiger partial charge in [0.15, 0.2) is 0 Å². The molecule has 1 atom stereocenters. The van der Waals surface area contributed by atoms with E-state index in [4.69, 9.17) is 0 Å². The first-order valence-electron chi connectivity index (χ1n) is 8.59. The number of hydrogen-bond donors (Lipinski definition) is 1. The molecule has 14 heteroatoms. The SMILES string of the molecule is CC(C)(C)c1cccc(C(O)CC(F)(F)C(F)(F)C(F)(F)C(F)(F)C(F)(F)C(F)(F)F)c1. The van der Waals surface area contributed by atoms with Crippen molar-refractivity contribution in [3.05, 3.63) is 35.4 Å². The fourth-order valence-corrected chi connectivity index (χ4v) is 2.50. The molecule has 0 amide bonds. The van der Waals surface area contributed by atoms with Crippen LogP contribution in [0.25, 0.3) is 0 Å². The third-order valence-corrected chi connectivity index (χ3v) is 4.59. The number of rotatable bonds is 7. The summed E-state index contributed by atoms with van der Waals surface area (Å²) in [7, 11) is 0. The van der Waals surface area contributed by atoms with E-state index < -0.39 is 59.3 Å². The van der Waals surface area contributed by atoms with Crippen LogP contribution in [0.1, 0.15) is 44.4 Å². The van der Waals surface area contributed by atoms with Crippen molar-refractivity contribution in [3.63, 3.8) is 0 Å². The number of aliphatic hydroxyl groups is 1. The van der Waals surface area contributed by atoms with Crippen LogP contribution in [0.4, 0.5) is 57.1 Å². The van der Waals surface area contributed by atoms with Crippen LogP contribution in [0.15, 0.2) is 24.3 Å². The van der Waals surface area contributed by atoms with Crippen molar-refractivity contribution < 1.29 is 62.2 Å². The highest BCUT2D eigenvalue weighted by molar-refractivity contribution is 5.30. The lowest BCUT2D eigenvalue weighted by Crippen LogP contribution is -2.70. The lowest BCUT2D eigenvalue weighted by molar-refractivity contribution is -0.440. The highest BCUT2D eigenvalue weighted by Crippen LogP contribution is 2.61. The van der Waals surface area contributed by atoms with Crippen molar-refractivity contribution in [1.82, 2.24) is 0 Å². The molecule has 1 aromatic carbocycles. The van der Waals surface area contributed by atoms with Gasteiger partial charge in [-0.2, -0.15) is 57.1 Å². The Morgan fingerprint density at radius 1 is 0.688 bits per heavy atom. The molecular weight excluding hydrogens is 479 g/mol. The van der Waals surface area contributed by atoms with Crippen molar-refractivity contribution in [3.8, 4) is 0 Å². The van der Waals surface area contributed by atoms with E-state index in [9.17, 15) is 62.2 Å². The second-order valence-corrected chi connectivity index (χ2v) is 8.10. The van der Waals surface area contributed by atoms with E-state index in [2.05, 4.69) is 0 Å². The molecule has 186 valence electrons. The van der Waals surface area contributed by atoms with E-state index in [0.717, 1.165) is 12.1 Å². The third kappa shape index (κ3) is 4.51. The van der Waals surface area contributed by atoms with Crippen LogP contribution in [0.5, 0.6) is 0 Å². The zero-order valence-corrected chi connectivity index (χ0v) is 16.5. The van der Waals surface area contributed by atoms with Crippen LogP contribution in [0.3, 0.4) is 0 Å². The molecule has 0 saturated carbocycles. The predicted molar refractivity (Wildman–Crippen MR) is 85.5 cm³/mol. The van der Waals surface area contributed by atoms with Crippen LogP contribution in [0.2, 0.25) is 0 Å². The van der Waals surface area contributed by atoms with Gasteiger partial charge < -0.3 is 5.11 Å². The van der Waals surface area contributed by atoms with E-state index in [1.54, 1.807) is 20.8 Å². The average Bonchev–Trinajstić information content (AvgIpc) is 2.59. The van der Waals surface area contributed by atoms with Gasteiger partial charge in [0.1, 0.15) is 0 Å². The van der Waals surface area contributed by atoms with Gasteiger partial charge in [-0.3, -0.25) is 0 Å². The molecule has 0 radical (unpaired) electrons. The molecule has 1 rings (SSSR count). The van der Waals surface area contributed by atoms with E-state index >= 15 is 0 Å². The van der Waals surface area contributed by atoms with Gasteiger partial charge in [-0.05, 0) is 16.5 Å². The second kappa shape index (κ2) is 7.94. The van der Waals surface area contributed by atoms with Crippen molar-refractivity contribution in [2.45, 2.75) is 74.5 Å². The second-order valence-electron chi connectivity index (χ2n) is 8.10. The Kier molecular flexibility index (Phi) is 7.02. The molecule has 1 nitrogen and oxygen atoms in total. The quantitative estimate of drug-likeness (QED) is 0.398. The summed E-state index contributed by atoms with van der Waals surface area (Å²) in [6.45, 7) is 4.85. The first-order valence-corrected chi connectivity index (χ1v) is 8.59. The van der Waals surface area contributed by atoms with E-state index in [1.165, 1.54) is 12.1 Å². The Balaban J connectivity index is 3.37. The third-order valence-electron chi connectivity index (χ3n) is 4.59. The molecule has 0 fully saturated rings. The molecule has 1 aromatic rings. The zero-order chi connectivity index (χ0) is 25.8. The largest absolute Gasteiger partial charge is 0.460 e. The maximum atomic E-state index is 13.9. The number of halogens is 13. The van der Waals surface area contributed by atoms with Gasteiger partial charge in [0.2, 0.25) is 0 Å². The predicted octanol–water partition coefficient (Wildman–Crippen LogP) is 7.15. The van der Waals surface area contributed by atoms with Crippen LogP contribution in [-0.4, -0.2) is 40.9 Å². The molecule has 0 saturated heterocycles. The van der Waals surface area contributed by atoms with Crippen LogP contribution < -0.4 is 0 Å². The maximum Gasteiger partial charge on any atom is 0.460 e. The molecule has 0 spiro atoms. The van der Waals surface area contributed by atoms with Gasteiger partial charge in [-0.1, -0.05) is 45.0 Å². The Morgan fingerprint density at radius 3 is 1.53 bits per heavy atom. The Morgan fingerprint density at radius 2 is 1.12 bits per heavy atom. The van der Waals surface area contributed by atoms with E-state index in [-0.39, 0.29) is 0 Å². The highest BCUT2D eigenvalue weighted by Gasteiger charge is 2.90. The molecule has 1 unspecified atom stereocenters.